The summed E-state index contributed by atoms with van der Waals surface area (Å²) in [6.45, 7) is 6.58. The molecule has 1 fully saturated rings. The number of carbonyl (C=O) groups is 3. The molecule has 1 saturated heterocycles. The molecule has 5 atom stereocenters. The van der Waals surface area contributed by atoms with Crippen LogP contribution in [0.2, 0.25) is 0 Å². The quantitative estimate of drug-likeness (QED) is 0.404. The maximum absolute atomic E-state index is 13.6. The second-order valence-electron chi connectivity index (χ2n) is 9.19. The predicted octanol–water partition coefficient (Wildman–Crippen LogP) is 1.99. The highest BCUT2D eigenvalue weighted by Gasteiger charge is 2.37. The van der Waals surface area contributed by atoms with E-state index in [1.165, 1.54) is 5.38 Å². The van der Waals surface area contributed by atoms with Crippen LogP contribution in [-0.4, -0.2) is 81.5 Å². The Balaban J connectivity index is 2.21. The number of thiazole rings is 1. The Kier molecular flexibility index (Phi) is 10.0. The van der Waals surface area contributed by atoms with Crippen LogP contribution in [0, 0.1) is 24.2 Å². The molecule has 3 N–H and O–H groups in total. The van der Waals surface area contributed by atoms with Crippen molar-refractivity contribution in [2.45, 2.75) is 70.7 Å². The Morgan fingerprint density at radius 1 is 1.41 bits per heavy atom. The van der Waals surface area contributed by atoms with E-state index in [-0.39, 0.29) is 46.9 Å². The molecule has 0 aliphatic carbocycles. The molecule has 0 bridgehead atoms. The first-order valence-corrected chi connectivity index (χ1v) is 12.5. The zero-order chi connectivity index (χ0) is 25.6. The molecule has 2 amide bonds. The number of carboxylic acid groups (broad SMARTS) is 1. The van der Waals surface area contributed by atoms with E-state index in [1.807, 2.05) is 32.7 Å². The molecule has 188 valence electrons. The summed E-state index contributed by atoms with van der Waals surface area (Å²) in [4.78, 5) is 45.2. The number of nitrogens with one attached hydrogen (secondary N) is 1. The van der Waals surface area contributed by atoms with Crippen LogP contribution in [0.3, 0.4) is 0 Å². The zero-order valence-electron chi connectivity index (χ0n) is 20.5. The van der Waals surface area contributed by atoms with Gasteiger partial charge in [0, 0.05) is 30.8 Å². The van der Waals surface area contributed by atoms with Gasteiger partial charge in [-0.1, -0.05) is 20.8 Å². The zero-order valence-corrected chi connectivity index (χ0v) is 21.3. The van der Waals surface area contributed by atoms with E-state index in [0.717, 1.165) is 30.7 Å². The van der Waals surface area contributed by atoms with Crippen LogP contribution in [0.25, 0.3) is 0 Å². The molecule has 1 aromatic heterocycles. The number of aromatic nitrogens is 1. The normalized spacial score (nSPS) is 19.8. The van der Waals surface area contributed by atoms with Crippen molar-refractivity contribution in [2.75, 3.05) is 20.6 Å². The third-order valence-electron chi connectivity index (χ3n) is 6.55. The molecular weight excluding hydrogens is 456 g/mol. The number of rotatable bonds is 11. The van der Waals surface area contributed by atoms with Crippen LogP contribution in [0.4, 0.5) is 0 Å². The molecule has 34 heavy (non-hydrogen) atoms. The number of likely N-dealkylation sites (tertiary alicyclic amines) is 1. The Morgan fingerprint density at radius 2 is 2.09 bits per heavy atom. The lowest BCUT2D eigenvalue weighted by Gasteiger charge is -2.36. The fourth-order valence-electron chi connectivity index (χ4n) is 4.40. The predicted molar refractivity (Wildman–Crippen MR) is 130 cm³/mol. The Labute approximate surface area is 205 Å². The minimum absolute atomic E-state index is 0.0225. The molecule has 0 unspecified atom stereocenters. The summed E-state index contributed by atoms with van der Waals surface area (Å²) in [7, 11) is 3.54. The number of terminal acetylenes is 1. The van der Waals surface area contributed by atoms with Crippen molar-refractivity contribution in [3.8, 4) is 12.3 Å². The lowest BCUT2D eigenvalue weighted by Crippen LogP contribution is -2.57. The average Bonchev–Trinajstić information content (AvgIpc) is 3.45. The first-order chi connectivity index (χ1) is 16.0. The molecule has 0 aromatic carbocycles. The molecule has 2 heterocycles. The van der Waals surface area contributed by atoms with Crippen molar-refractivity contribution in [3.05, 3.63) is 16.1 Å². The monoisotopic (exact) mass is 492 g/mol. The van der Waals surface area contributed by atoms with E-state index in [1.54, 1.807) is 11.9 Å². The molecule has 1 aliphatic heterocycles. The van der Waals surface area contributed by atoms with Gasteiger partial charge >= 0.3 is 5.97 Å². The lowest BCUT2D eigenvalue weighted by atomic mass is 9.92. The first-order valence-electron chi connectivity index (χ1n) is 11.6. The summed E-state index contributed by atoms with van der Waals surface area (Å²) < 4.78 is 0. The van der Waals surface area contributed by atoms with E-state index in [0.29, 0.717) is 6.42 Å². The van der Waals surface area contributed by atoms with Gasteiger partial charge in [-0.3, -0.25) is 14.5 Å². The Bertz CT molecular complexity index is 911. The number of carbonyl (C=O) groups excluding carboxylic acids is 2. The second kappa shape index (κ2) is 12.3. The van der Waals surface area contributed by atoms with Crippen LogP contribution in [0.5, 0.6) is 0 Å². The van der Waals surface area contributed by atoms with Gasteiger partial charge in [0.2, 0.25) is 11.8 Å². The number of amides is 2. The average molecular weight is 493 g/mol. The van der Waals surface area contributed by atoms with Crippen molar-refractivity contribution >= 4 is 29.1 Å². The van der Waals surface area contributed by atoms with E-state index in [2.05, 4.69) is 16.2 Å². The molecule has 1 aromatic rings. The van der Waals surface area contributed by atoms with Crippen molar-refractivity contribution in [3.63, 3.8) is 0 Å². The van der Waals surface area contributed by atoms with Crippen molar-refractivity contribution < 1.29 is 24.6 Å². The highest BCUT2D eigenvalue weighted by atomic mass is 32.1. The molecule has 0 radical (unpaired) electrons. The fourth-order valence-corrected chi connectivity index (χ4v) is 5.19. The minimum Gasteiger partial charge on any atom is -0.476 e. The molecular formula is C24H36N4O5S. The lowest BCUT2D eigenvalue weighted by molar-refractivity contribution is -0.140. The fraction of sp³-hybridized carbons (Fsp3) is 0.667. The second-order valence-corrected chi connectivity index (χ2v) is 10.1. The number of carboxylic acids is 1. The molecule has 1 aliphatic rings. The third kappa shape index (κ3) is 6.56. The number of likely N-dealkylation sites (N-methyl/N-ethyl adjacent to an activating group) is 2. The van der Waals surface area contributed by atoms with Crippen LogP contribution in [0.1, 0.15) is 68.1 Å². The summed E-state index contributed by atoms with van der Waals surface area (Å²) in [6.07, 6.45) is 7.04. The number of hydrogen-bond acceptors (Lipinski definition) is 7. The van der Waals surface area contributed by atoms with Gasteiger partial charge < -0.3 is 20.4 Å². The van der Waals surface area contributed by atoms with Crippen molar-refractivity contribution in [2.24, 2.45) is 11.8 Å². The standard InChI is InChI=1S/C24H36N4O5S/c1-7-15(8-2)20(26-21(30)17-10-9-11-27(17)5)23(31)28(6)18(14(3)4)12-19(29)22-25-16(13-34-22)24(32)33/h1,13-15,17-20,29H,8-12H2,2-6H3,(H,26,30)(H,32,33)/t15-,17+,18+,19+,20-/m0/s1. The van der Waals surface area contributed by atoms with Gasteiger partial charge in [-0.2, -0.15) is 0 Å². The molecule has 0 spiro atoms. The van der Waals surface area contributed by atoms with E-state index >= 15 is 0 Å². The SMILES string of the molecule is C#C[C@@H](CC)[C@H](NC(=O)[C@H]1CCCN1C)C(=O)N(C)[C@H](C[C@@H](O)c1nc(C(=O)O)cs1)C(C)C. The topological polar surface area (TPSA) is 123 Å². The largest absolute Gasteiger partial charge is 0.476 e. The van der Waals surface area contributed by atoms with Crippen molar-refractivity contribution in [1.82, 2.24) is 20.1 Å². The van der Waals surface area contributed by atoms with E-state index in [4.69, 9.17) is 11.5 Å². The third-order valence-corrected chi connectivity index (χ3v) is 7.49. The van der Waals surface area contributed by atoms with Crippen LogP contribution in [-0.2, 0) is 9.59 Å². The summed E-state index contributed by atoms with van der Waals surface area (Å²) >= 11 is 1.07. The molecule has 0 saturated carbocycles. The van der Waals surface area contributed by atoms with Gasteiger partial charge in [0.1, 0.15) is 17.2 Å². The number of aromatic carboxylic acids is 1. The highest BCUT2D eigenvalue weighted by Crippen LogP contribution is 2.28. The Hall–Kier alpha value is -2.48. The van der Waals surface area contributed by atoms with Gasteiger partial charge in [0.25, 0.3) is 0 Å². The number of nitrogens with zero attached hydrogens (tertiary/aromatic N) is 3. The number of aliphatic hydroxyl groups is 1. The van der Waals surface area contributed by atoms with Gasteiger partial charge in [-0.05, 0) is 38.8 Å². The molecule has 10 heteroatoms. The number of aliphatic hydroxyl groups excluding tert-OH is 1. The van der Waals surface area contributed by atoms with E-state index in [9.17, 15) is 19.5 Å². The Morgan fingerprint density at radius 3 is 2.56 bits per heavy atom. The summed E-state index contributed by atoms with van der Waals surface area (Å²) in [5.41, 5.74) is -0.121. The van der Waals surface area contributed by atoms with Gasteiger partial charge in [-0.15, -0.1) is 23.7 Å². The van der Waals surface area contributed by atoms with Gasteiger partial charge in [-0.25, -0.2) is 9.78 Å². The minimum atomic E-state index is -1.16. The first kappa shape index (κ1) is 27.8. The van der Waals surface area contributed by atoms with E-state index < -0.39 is 24.0 Å². The van der Waals surface area contributed by atoms with Crippen LogP contribution in [0.15, 0.2) is 5.38 Å². The summed E-state index contributed by atoms with van der Waals surface area (Å²) in [5, 5.41) is 24.4. The van der Waals surface area contributed by atoms with Gasteiger partial charge in [0.15, 0.2) is 5.69 Å². The van der Waals surface area contributed by atoms with Crippen LogP contribution >= 0.6 is 11.3 Å². The van der Waals surface area contributed by atoms with Crippen LogP contribution < -0.4 is 5.32 Å². The summed E-state index contributed by atoms with van der Waals surface area (Å²) in [6, 6.07) is -1.55. The van der Waals surface area contributed by atoms with Gasteiger partial charge in [0.05, 0.1) is 6.04 Å². The maximum Gasteiger partial charge on any atom is 0.355 e. The summed E-state index contributed by atoms with van der Waals surface area (Å²) in [5.74, 6) is 0.488. The smallest absolute Gasteiger partial charge is 0.355 e. The highest BCUT2D eigenvalue weighted by molar-refractivity contribution is 7.09. The molecule has 2 rings (SSSR count). The maximum atomic E-state index is 13.6. The number of hydrogen-bond donors (Lipinski definition) is 3. The van der Waals surface area contributed by atoms with Crippen molar-refractivity contribution in [1.29, 1.82) is 0 Å². The molecule has 9 nitrogen and oxygen atoms in total.